The molecule has 1 rings (SSSR count). The number of ether oxygens (including phenoxy) is 1. The van der Waals surface area contributed by atoms with E-state index in [9.17, 15) is 0 Å². The quantitative estimate of drug-likeness (QED) is 0.754. The van der Waals surface area contributed by atoms with Gasteiger partial charge in [0.1, 0.15) is 5.75 Å². The Kier molecular flexibility index (Phi) is 7.03. The van der Waals surface area contributed by atoms with Crippen LogP contribution < -0.4 is 10.5 Å². The number of methoxy groups -OCH3 is 1. The fourth-order valence-corrected chi connectivity index (χ4v) is 2.76. The minimum Gasteiger partial charge on any atom is -0.496 e. The first-order valence-corrected chi connectivity index (χ1v) is 7.68. The van der Waals surface area contributed by atoms with E-state index in [1.165, 1.54) is 5.56 Å². The molecule has 0 amide bonds. The minimum absolute atomic E-state index is 0.0132. The maximum absolute atomic E-state index is 6.13. The Labute approximate surface area is 124 Å². The molecule has 0 aromatic heterocycles. The standard InChI is InChI=1S/C17H30N2O/c1-5-11-19(12-6-2)17(3,14-18)13-15-9-7-8-10-16(15)20-4/h7-10H,5-6,11-14,18H2,1-4H3. The van der Waals surface area contributed by atoms with Crippen LogP contribution in [-0.4, -0.2) is 37.2 Å². The number of para-hydroxylation sites is 1. The first-order valence-electron chi connectivity index (χ1n) is 7.68. The van der Waals surface area contributed by atoms with Crippen molar-refractivity contribution in [2.75, 3.05) is 26.7 Å². The molecule has 20 heavy (non-hydrogen) atoms. The van der Waals surface area contributed by atoms with Crippen molar-refractivity contribution in [3.63, 3.8) is 0 Å². The van der Waals surface area contributed by atoms with Crippen LogP contribution in [0.3, 0.4) is 0 Å². The van der Waals surface area contributed by atoms with E-state index in [4.69, 9.17) is 10.5 Å². The van der Waals surface area contributed by atoms with Crippen molar-refractivity contribution in [1.29, 1.82) is 0 Å². The third-order valence-corrected chi connectivity index (χ3v) is 3.95. The third kappa shape index (κ3) is 4.22. The van der Waals surface area contributed by atoms with Crippen LogP contribution in [0.1, 0.15) is 39.2 Å². The summed E-state index contributed by atoms with van der Waals surface area (Å²) in [6.07, 6.45) is 3.23. The van der Waals surface area contributed by atoms with E-state index in [1.54, 1.807) is 7.11 Å². The molecule has 1 atom stereocenters. The van der Waals surface area contributed by atoms with Crippen molar-refractivity contribution in [1.82, 2.24) is 4.90 Å². The molecule has 0 aliphatic carbocycles. The molecular weight excluding hydrogens is 248 g/mol. The summed E-state index contributed by atoms with van der Waals surface area (Å²) in [7, 11) is 1.73. The molecule has 0 radical (unpaired) electrons. The van der Waals surface area contributed by atoms with Gasteiger partial charge in [0.05, 0.1) is 7.11 Å². The molecule has 3 nitrogen and oxygen atoms in total. The molecular formula is C17H30N2O. The summed E-state index contributed by atoms with van der Waals surface area (Å²) in [6, 6.07) is 8.25. The molecule has 1 unspecified atom stereocenters. The molecule has 1 aromatic rings. The summed E-state index contributed by atoms with van der Waals surface area (Å²) >= 11 is 0. The third-order valence-electron chi connectivity index (χ3n) is 3.95. The summed E-state index contributed by atoms with van der Waals surface area (Å²) in [6.45, 7) is 9.56. The highest BCUT2D eigenvalue weighted by Crippen LogP contribution is 2.26. The number of hydrogen-bond donors (Lipinski definition) is 1. The fourth-order valence-electron chi connectivity index (χ4n) is 2.76. The number of rotatable bonds is 9. The van der Waals surface area contributed by atoms with Gasteiger partial charge < -0.3 is 10.5 Å². The Balaban J connectivity index is 2.97. The topological polar surface area (TPSA) is 38.5 Å². The first kappa shape index (κ1) is 17.0. The van der Waals surface area contributed by atoms with Crippen LogP contribution in [0.15, 0.2) is 24.3 Å². The van der Waals surface area contributed by atoms with Gasteiger partial charge in [-0.25, -0.2) is 0 Å². The minimum atomic E-state index is -0.0132. The molecule has 0 aliphatic heterocycles. The maximum Gasteiger partial charge on any atom is 0.122 e. The van der Waals surface area contributed by atoms with E-state index in [2.05, 4.69) is 37.8 Å². The Bertz CT molecular complexity index is 388. The molecule has 2 N–H and O–H groups in total. The summed E-state index contributed by atoms with van der Waals surface area (Å²) in [5, 5.41) is 0. The van der Waals surface area contributed by atoms with E-state index in [1.807, 2.05) is 12.1 Å². The van der Waals surface area contributed by atoms with Crippen molar-refractivity contribution in [2.45, 2.75) is 45.6 Å². The van der Waals surface area contributed by atoms with Crippen LogP contribution in [0.2, 0.25) is 0 Å². The average molecular weight is 278 g/mol. The smallest absolute Gasteiger partial charge is 0.122 e. The van der Waals surface area contributed by atoms with Gasteiger partial charge >= 0.3 is 0 Å². The van der Waals surface area contributed by atoms with Gasteiger partial charge in [-0.15, -0.1) is 0 Å². The SMILES string of the molecule is CCCN(CCC)C(C)(CN)Cc1ccccc1OC. The molecule has 0 aliphatic rings. The largest absolute Gasteiger partial charge is 0.496 e. The highest BCUT2D eigenvalue weighted by molar-refractivity contribution is 5.34. The number of hydrogen-bond acceptors (Lipinski definition) is 3. The van der Waals surface area contributed by atoms with Crippen LogP contribution in [0, 0.1) is 0 Å². The van der Waals surface area contributed by atoms with Gasteiger partial charge in [0.2, 0.25) is 0 Å². The van der Waals surface area contributed by atoms with Crippen LogP contribution in [0.25, 0.3) is 0 Å². The Morgan fingerprint density at radius 2 is 1.75 bits per heavy atom. The van der Waals surface area contributed by atoms with Crippen molar-refractivity contribution in [2.24, 2.45) is 5.73 Å². The normalized spacial score (nSPS) is 14.3. The zero-order valence-electron chi connectivity index (χ0n) is 13.5. The highest BCUT2D eigenvalue weighted by Gasteiger charge is 2.30. The van der Waals surface area contributed by atoms with Gasteiger partial charge in [0, 0.05) is 12.1 Å². The average Bonchev–Trinajstić information content (AvgIpc) is 2.47. The lowest BCUT2D eigenvalue weighted by atomic mass is 9.90. The number of nitrogens with two attached hydrogens (primary N) is 1. The van der Waals surface area contributed by atoms with E-state index >= 15 is 0 Å². The predicted molar refractivity (Wildman–Crippen MR) is 86.3 cm³/mol. The van der Waals surface area contributed by atoms with Gasteiger partial charge in [-0.05, 0) is 50.9 Å². The van der Waals surface area contributed by atoms with Gasteiger partial charge in [-0.2, -0.15) is 0 Å². The first-order chi connectivity index (χ1) is 9.61. The molecule has 0 fully saturated rings. The molecule has 0 bridgehead atoms. The van der Waals surface area contributed by atoms with Crippen molar-refractivity contribution >= 4 is 0 Å². The number of nitrogens with zero attached hydrogens (tertiary/aromatic N) is 1. The molecule has 0 heterocycles. The van der Waals surface area contributed by atoms with Crippen molar-refractivity contribution in [3.8, 4) is 5.75 Å². The van der Waals surface area contributed by atoms with Crippen molar-refractivity contribution < 1.29 is 4.74 Å². The molecule has 3 heteroatoms. The second-order valence-corrected chi connectivity index (χ2v) is 5.68. The number of benzene rings is 1. The fraction of sp³-hybridized carbons (Fsp3) is 0.647. The molecule has 0 saturated heterocycles. The summed E-state index contributed by atoms with van der Waals surface area (Å²) in [4.78, 5) is 2.53. The van der Waals surface area contributed by atoms with E-state index < -0.39 is 0 Å². The molecule has 0 spiro atoms. The van der Waals surface area contributed by atoms with Crippen LogP contribution in [0.5, 0.6) is 5.75 Å². The molecule has 0 saturated carbocycles. The van der Waals surface area contributed by atoms with Gasteiger partial charge in [-0.3, -0.25) is 4.90 Å². The van der Waals surface area contributed by atoms with Crippen LogP contribution in [0.4, 0.5) is 0 Å². The monoisotopic (exact) mass is 278 g/mol. The highest BCUT2D eigenvalue weighted by atomic mass is 16.5. The maximum atomic E-state index is 6.13. The predicted octanol–water partition coefficient (Wildman–Crippen LogP) is 3.08. The lowest BCUT2D eigenvalue weighted by molar-refractivity contribution is 0.109. The lowest BCUT2D eigenvalue weighted by Gasteiger charge is -2.41. The Morgan fingerprint density at radius 3 is 2.25 bits per heavy atom. The Hall–Kier alpha value is -1.06. The van der Waals surface area contributed by atoms with E-state index in [0.717, 1.165) is 38.1 Å². The molecule has 1 aromatic carbocycles. The van der Waals surface area contributed by atoms with Gasteiger partial charge in [0.15, 0.2) is 0 Å². The van der Waals surface area contributed by atoms with E-state index in [0.29, 0.717) is 6.54 Å². The second-order valence-electron chi connectivity index (χ2n) is 5.68. The Morgan fingerprint density at radius 1 is 1.15 bits per heavy atom. The lowest BCUT2D eigenvalue weighted by Crippen LogP contribution is -2.53. The zero-order chi connectivity index (χ0) is 15.0. The van der Waals surface area contributed by atoms with Crippen LogP contribution in [-0.2, 0) is 6.42 Å². The van der Waals surface area contributed by atoms with Crippen molar-refractivity contribution in [3.05, 3.63) is 29.8 Å². The summed E-state index contributed by atoms with van der Waals surface area (Å²) in [5.41, 5.74) is 7.35. The summed E-state index contributed by atoms with van der Waals surface area (Å²) in [5.74, 6) is 0.958. The molecule has 114 valence electrons. The van der Waals surface area contributed by atoms with Crippen LogP contribution >= 0.6 is 0 Å². The second kappa shape index (κ2) is 8.28. The van der Waals surface area contributed by atoms with Gasteiger partial charge in [-0.1, -0.05) is 32.0 Å². The summed E-state index contributed by atoms with van der Waals surface area (Å²) < 4.78 is 5.48. The van der Waals surface area contributed by atoms with Gasteiger partial charge in [0.25, 0.3) is 0 Å². The van der Waals surface area contributed by atoms with E-state index in [-0.39, 0.29) is 5.54 Å². The zero-order valence-corrected chi connectivity index (χ0v) is 13.5.